The van der Waals surface area contributed by atoms with Crippen LogP contribution in [0.2, 0.25) is 0 Å². The molecule has 4 saturated carbocycles. The third kappa shape index (κ3) is 5.71. The number of aliphatic hydroxyl groups excluding tert-OH is 3. The molecule has 1 aromatic carbocycles. The second kappa shape index (κ2) is 15.1. The summed E-state index contributed by atoms with van der Waals surface area (Å²) in [7, 11) is 1.80. The standard InChI is InChI=1S/C49H72N2O11/c1-7-51-23-28-19-43(3)11-9-32(28)49(42(57)26(43)2)47(59,14-15-52)41-37(62-49)20-48(60)34-18-36(56)40-39-31-16-29(54)17-35(55)30(31)8-13-46(39,58)38(61-25-27(24-53)22-50-6)21-44(40,4)33(34)10-12-45(41,48)5/h16-19,26-27,32-33,37-42,50-55,57-60H,7-15,20-25H2,1-6H3. The Bertz CT molecular complexity index is 2030. The Balaban J connectivity index is 1.14. The van der Waals surface area contributed by atoms with Crippen molar-refractivity contribution < 1.29 is 55.1 Å². The summed E-state index contributed by atoms with van der Waals surface area (Å²) in [5, 5.41) is 103. The molecular weight excluding hydrogens is 793 g/mol. The van der Waals surface area contributed by atoms with Crippen LogP contribution in [0.1, 0.15) is 103 Å². The molecule has 13 nitrogen and oxygen atoms in total. The topological polar surface area (TPSA) is 221 Å². The van der Waals surface area contributed by atoms with Crippen LogP contribution in [0.25, 0.3) is 0 Å². The number of likely N-dealkylation sites (N-methyl/N-ethyl adjacent to an activating group) is 1. The number of carbonyl (C=O) groups excluding carboxylic acids is 1. The van der Waals surface area contributed by atoms with Gasteiger partial charge < -0.3 is 61.0 Å². The number of hydrogen-bond donors (Lipinski definition) is 10. The molecule has 0 aromatic heterocycles. The Morgan fingerprint density at radius 3 is 2.44 bits per heavy atom. The third-order valence-corrected chi connectivity index (χ3v) is 19.1. The van der Waals surface area contributed by atoms with Gasteiger partial charge in [0.1, 0.15) is 22.7 Å². The molecule has 1 heterocycles. The van der Waals surface area contributed by atoms with Gasteiger partial charge in [-0.2, -0.15) is 0 Å². The van der Waals surface area contributed by atoms with E-state index in [1.807, 2.05) is 13.8 Å². The molecule has 10 N–H and O–H groups in total. The number of phenols is 2. The Hall–Kier alpha value is -2.43. The predicted molar refractivity (Wildman–Crippen MR) is 230 cm³/mol. The number of fused-ring (bicyclic) bond motifs is 13. The number of aromatic hydroxyl groups is 2. The highest BCUT2D eigenvalue weighted by Gasteiger charge is 2.82. The summed E-state index contributed by atoms with van der Waals surface area (Å²) in [5.41, 5.74) is -5.77. The first-order valence-corrected chi connectivity index (χ1v) is 23.5. The molecule has 1 aliphatic heterocycles. The Morgan fingerprint density at radius 1 is 1.00 bits per heavy atom. The number of ketones is 1. The molecule has 17 unspecified atom stereocenters. The van der Waals surface area contributed by atoms with E-state index in [-0.39, 0.29) is 91.9 Å². The molecule has 13 heteroatoms. The minimum Gasteiger partial charge on any atom is -0.508 e. The van der Waals surface area contributed by atoms with Gasteiger partial charge in [-0.1, -0.05) is 46.3 Å². The number of benzene rings is 1. The molecule has 0 amide bonds. The van der Waals surface area contributed by atoms with Crippen LogP contribution in [0.5, 0.6) is 11.5 Å². The van der Waals surface area contributed by atoms with E-state index in [9.17, 15) is 40.9 Å². The van der Waals surface area contributed by atoms with E-state index in [0.29, 0.717) is 55.5 Å². The van der Waals surface area contributed by atoms with Crippen molar-refractivity contribution in [2.24, 2.45) is 51.8 Å². The monoisotopic (exact) mass is 865 g/mol. The van der Waals surface area contributed by atoms with Crippen LogP contribution in [0.15, 0.2) is 35.4 Å². The van der Waals surface area contributed by atoms with Crippen LogP contribution < -0.4 is 10.6 Å². The highest BCUT2D eigenvalue weighted by atomic mass is 16.6. The predicted octanol–water partition coefficient (Wildman–Crippen LogP) is 2.99. The Kier molecular flexibility index (Phi) is 10.9. The lowest BCUT2D eigenvalue weighted by atomic mass is 9.41. The smallest absolute Gasteiger partial charge is 0.160 e. The van der Waals surface area contributed by atoms with E-state index in [0.717, 1.165) is 18.5 Å². The largest absolute Gasteiger partial charge is 0.508 e. The first kappa shape index (κ1) is 44.8. The van der Waals surface area contributed by atoms with Crippen molar-refractivity contribution >= 4 is 5.78 Å². The van der Waals surface area contributed by atoms with Crippen molar-refractivity contribution in [3.05, 3.63) is 46.6 Å². The molecule has 1 saturated heterocycles. The summed E-state index contributed by atoms with van der Waals surface area (Å²) in [4.78, 5) is 15.2. The molecule has 5 fully saturated rings. The molecule has 17 atom stereocenters. The van der Waals surface area contributed by atoms with Gasteiger partial charge in [-0.25, -0.2) is 0 Å². The van der Waals surface area contributed by atoms with E-state index in [4.69, 9.17) is 9.47 Å². The summed E-state index contributed by atoms with van der Waals surface area (Å²) >= 11 is 0. The number of nitrogens with one attached hydrogen (secondary N) is 2. The van der Waals surface area contributed by atoms with E-state index >= 15 is 4.79 Å². The van der Waals surface area contributed by atoms with Crippen LogP contribution in [-0.2, 0) is 20.7 Å². The lowest BCUT2D eigenvalue weighted by Gasteiger charge is -2.65. The molecule has 1 aromatic rings. The van der Waals surface area contributed by atoms with Gasteiger partial charge in [-0.3, -0.25) is 4.79 Å². The van der Waals surface area contributed by atoms with Crippen molar-refractivity contribution in [1.82, 2.24) is 10.6 Å². The highest BCUT2D eigenvalue weighted by molar-refractivity contribution is 5.96. The van der Waals surface area contributed by atoms with Crippen LogP contribution >= 0.6 is 0 Å². The minimum absolute atomic E-state index is 0.0483. The van der Waals surface area contributed by atoms with Crippen LogP contribution in [0, 0.1) is 51.8 Å². The minimum atomic E-state index is -1.74. The SMILES string of the molecule is CCNCC1=CC2(C)CCC1C1(OC3CC4(O)C5=CC(=O)C6C7c8cc(O)cc(O)c8CCC7(O)C(OCC(CO)CNC)CC6(C)C5CCC4(C)C3C1(O)CCO)C(O)C2C. The average molecular weight is 865 g/mol. The summed E-state index contributed by atoms with van der Waals surface area (Å²) in [5.74, 6) is -4.03. The van der Waals surface area contributed by atoms with Gasteiger partial charge in [0.2, 0.25) is 0 Å². The van der Waals surface area contributed by atoms with E-state index in [2.05, 4.69) is 37.5 Å². The molecule has 62 heavy (non-hydrogen) atoms. The number of rotatable bonds is 11. The van der Waals surface area contributed by atoms with Crippen LogP contribution in [-0.4, -0.2) is 134 Å². The van der Waals surface area contributed by atoms with E-state index in [1.54, 1.807) is 19.2 Å². The molecule has 344 valence electrons. The maximum Gasteiger partial charge on any atom is 0.160 e. The first-order valence-electron chi connectivity index (χ1n) is 23.5. The molecular formula is C49H72N2O11. The second-order valence-electron chi connectivity index (χ2n) is 21.8. The lowest BCUT2D eigenvalue weighted by molar-refractivity contribution is -0.247. The maximum absolute atomic E-state index is 15.2. The summed E-state index contributed by atoms with van der Waals surface area (Å²) < 4.78 is 14.1. The number of carbonyl (C=O) groups is 1. The van der Waals surface area contributed by atoms with Crippen molar-refractivity contribution in [2.75, 3.05) is 46.5 Å². The molecule has 2 bridgehead atoms. The number of ether oxygens (including phenoxy) is 2. The number of hydrogen-bond acceptors (Lipinski definition) is 13. The fourth-order valence-corrected chi connectivity index (χ4v) is 16.0. The van der Waals surface area contributed by atoms with Gasteiger partial charge in [0.25, 0.3) is 0 Å². The second-order valence-corrected chi connectivity index (χ2v) is 21.8. The van der Waals surface area contributed by atoms with Gasteiger partial charge in [-0.05, 0) is 110 Å². The highest BCUT2D eigenvalue weighted by Crippen LogP contribution is 2.76. The zero-order valence-electron chi connectivity index (χ0n) is 37.5. The summed E-state index contributed by atoms with van der Waals surface area (Å²) in [6.07, 6.45) is 4.74. The summed E-state index contributed by atoms with van der Waals surface area (Å²) in [6.45, 7) is 11.8. The molecule has 8 aliphatic carbocycles. The number of aliphatic hydroxyl groups is 6. The van der Waals surface area contributed by atoms with E-state index in [1.165, 1.54) is 6.07 Å². The molecule has 10 rings (SSSR count). The first-order chi connectivity index (χ1) is 29.3. The zero-order valence-corrected chi connectivity index (χ0v) is 37.5. The van der Waals surface area contributed by atoms with Crippen molar-refractivity contribution in [2.45, 2.75) is 139 Å². The van der Waals surface area contributed by atoms with Crippen molar-refractivity contribution in [1.29, 1.82) is 0 Å². The summed E-state index contributed by atoms with van der Waals surface area (Å²) in [6, 6.07) is 2.85. The third-order valence-electron chi connectivity index (χ3n) is 19.1. The fraction of sp³-hybridized carbons (Fsp3) is 0.776. The quantitative estimate of drug-likeness (QED) is 0.145. The molecule has 1 spiro atoms. The normalized spacial score (nSPS) is 48.0. The van der Waals surface area contributed by atoms with Gasteiger partial charge >= 0.3 is 0 Å². The number of phenolic OH excluding ortho intramolecular Hbond substituents is 2. The average Bonchev–Trinajstić information content (AvgIpc) is 3.56. The van der Waals surface area contributed by atoms with Gasteiger partial charge in [0.05, 0.1) is 36.1 Å². The van der Waals surface area contributed by atoms with Crippen LogP contribution in [0.3, 0.4) is 0 Å². The maximum atomic E-state index is 15.2. The fourth-order valence-electron chi connectivity index (χ4n) is 16.0. The zero-order chi connectivity index (χ0) is 44.6. The van der Waals surface area contributed by atoms with Crippen LogP contribution in [0.4, 0.5) is 0 Å². The van der Waals surface area contributed by atoms with Gasteiger partial charge in [0, 0.05) is 80.2 Å². The van der Waals surface area contributed by atoms with Crippen molar-refractivity contribution in [3.8, 4) is 11.5 Å². The lowest BCUT2D eigenvalue weighted by Crippen LogP contribution is -2.70. The number of allylic oxidation sites excluding steroid dienone is 2. The Morgan fingerprint density at radius 2 is 1.74 bits per heavy atom. The molecule has 9 aliphatic rings. The molecule has 0 radical (unpaired) electrons. The van der Waals surface area contributed by atoms with Gasteiger partial charge in [-0.15, -0.1) is 0 Å². The van der Waals surface area contributed by atoms with Gasteiger partial charge in [0.15, 0.2) is 5.78 Å². The van der Waals surface area contributed by atoms with Crippen molar-refractivity contribution in [3.63, 3.8) is 0 Å². The van der Waals surface area contributed by atoms with E-state index < -0.39 is 69.3 Å². The Labute approximate surface area is 366 Å².